The van der Waals surface area contributed by atoms with E-state index in [0.717, 1.165) is 34.2 Å². The van der Waals surface area contributed by atoms with E-state index >= 15 is 0 Å². The Balaban J connectivity index is 1.91. The molecule has 3 aromatic rings. The highest BCUT2D eigenvalue weighted by atomic mass is 15.5. The molecular weight excluding hydrogens is 308 g/mol. The van der Waals surface area contributed by atoms with Crippen LogP contribution < -0.4 is 5.01 Å². The average Bonchev–Trinajstić information content (AvgIpc) is 2.62. The molecule has 0 atom stereocenters. The van der Waals surface area contributed by atoms with Gasteiger partial charge in [-0.2, -0.15) is 5.10 Å². The van der Waals surface area contributed by atoms with Crippen LogP contribution in [0.15, 0.2) is 65.8 Å². The molecule has 0 amide bonds. The van der Waals surface area contributed by atoms with Crippen LogP contribution in [0.2, 0.25) is 0 Å². The van der Waals surface area contributed by atoms with E-state index in [1.807, 2.05) is 57.3 Å². The van der Waals surface area contributed by atoms with E-state index in [-0.39, 0.29) is 0 Å². The van der Waals surface area contributed by atoms with Crippen molar-refractivity contribution in [1.29, 1.82) is 0 Å². The Morgan fingerprint density at radius 3 is 2.28 bits per heavy atom. The van der Waals surface area contributed by atoms with E-state index in [1.165, 1.54) is 5.56 Å². The Bertz CT molecular complexity index is 884. The van der Waals surface area contributed by atoms with Gasteiger partial charge in [-0.15, -0.1) is 0 Å². The van der Waals surface area contributed by atoms with Gasteiger partial charge in [0.1, 0.15) is 5.82 Å². The first kappa shape index (κ1) is 16.8. The van der Waals surface area contributed by atoms with Gasteiger partial charge >= 0.3 is 0 Å². The fourth-order valence-corrected chi connectivity index (χ4v) is 2.60. The van der Waals surface area contributed by atoms with Crippen LogP contribution in [0.4, 0.5) is 5.82 Å². The van der Waals surface area contributed by atoms with Crippen molar-refractivity contribution in [3.63, 3.8) is 0 Å². The summed E-state index contributed by atoms with van der Waals surface area (Å²) >= 11 is 0. The van der Waals surface area contributed by atoms with E-state index in [0.29, 0.717) is 0 Å². The molecule has 0 aliphatic heterocycles. The lowest BCUT2D eigenvalue weighted by molar-refractivity contribution is 0.939. The topological polar surface area (TPSA) is 41.4 Å². The van der Waals surface area contributed by atoms with Crippen molar-refractivity contribution in [2.75, 3.05) is 12.1 Å². The molecule has 1 aromatic heterocycles. The Hall–Kier alpha value is -3.01. The molecule has 0 unspecified atom stereocenters. The molecule has 0 N–H and O–H groups in total. The summed E-state index contributed by atoms with van der Waals surface area (Å²) in [5, 5.41) is 6.48. The summed E-state index contributed by atoms with van der Waals surface area (Å²) in [6, 6.07) is 20.4. The van der Waals surface area contributed by atoms with E-state index in [1.54, 1.807) is 5.01 Å². The van der Waals surface area contributed by atoms with Crippen LogP contribution in [0.3, 0.4) is 0 Å². The van der Waals surface area contributed by atoms with Crippen LogP contribution in [0, 0.1) is 13.8 Å². The molecule has 0 fully saturated rings. The first-order valence-corrected chi connectivity index (χ1v) is 8.30. The van der Waals surface area contributed by atoms with Gasteiger partial charge in [0.05, 0.1) is 11.4 Å². The SMILES string of the molecule is CC(=NN(C)c1cc(-c2ccccc2)nc(C)n1)c1ccc(C)cc1. The number of anilines is 1. The fourth-order valence-electron chi connectivity index (χ4n) is 2.60. The van der Waals surface area contributed by atoms with Gasteiger partial charge in [-0.25, -0.2) is 9.97 Å². The minimum absolute atomic E-state index is 0.728. The van der Waals surface area contributed by atoms with Crippen LogP contribution in [0.1, 0.15) is 23.9 Å². The van der Waals surface area contributed by atoms with Crippen molar-refractivity contribution >= 4 is 11.5 Å². The third-order valence-electron chi connectivity index (χ3n) is 3.99. The van der Waals surface area contributed by atoms with Crippen molar-refractivity contribution in [2.24, 2.45) is 5.10 Å². The zero-order chi connectivity index (χ0) is 17.8. The normalized spacial score (nSPS) is 11.4. The van der Waals surface area contributed by atoms with E-state index in [2.05, 4.69) is 46.3 Å². The third-order valence-corrected chi connectivity index (χ3v) is 3.99. The number of hydrazone groups is 1. The fraction of sp³-hybridized carbons (Fsp3) is 0.190. The standard InChI is InChI=1S/C21H22N4/c1-15-10-12-18(13-11-15)16(2)24-25(4)21-14-20(22-17(3)23-21)19-8-6-5-7-9-19/h5-14H,1-4H3. The summed E-state index contributed by atoms with van der Waals surface area (Å²) in [7, 11) is 1.91. The van der Waals surface area contributed by atoms with Crippen molar-refractivity contribution in [2.45, 2.75) is 20.8 Å². The largest absolute Gasteiger partial charge is 0.251 e. The molecule has 0 aliphatic rings. The van der Waals surface area contributed by atoms with Gasteiger partial charge in [0.2, 0.25) is 0 Å². The van der Waals surface area contributed by atoms with Crippen molar-refractivity contribution < 1.29 is 0 Å². The lowest BCUT2D eigenvalue weighted by Gasteiger charge is -2.15. The van der Waals surface area contributed by atoms with Crippen LogP contribution in [-0.2, 0) is 0 Å². The second-order valence-electron chi connectivity index (χ2n) is 6.10. The molecule has 4 heteroatoms. The zero-order valence-electron chi connectivity index (χ0n) is 15.1. The molecule has 0 saturated carbocycles. The van der Waals surface area contributed by atoms with Gasteiger partial charge in [-0.05, 0) is 26.3 Å². The summed E-state index contributed by atoms with van der Waals surface area (Å²) in [5.74, 6) is 1.50. The minimum atomic E-state index is 0.728. The second-order valence-corrected chi connectivity index (χ2v) is 6.10. The Labute approximate surface area is 148 Å². The first-order valence-electron chi connectivity index (χ1n) is 8.30. The number of rotatable bonds is 4. The minimum Gasteiger partial charge on any atom is -0.251 e. The maximum Gasteiger partial charge on any atom is 0.152 e. The average molecular weight is 330 g/mol. The van der Waals surface area contributed by atoms with Gasteiger partial charge in [-0.1, -0.05) is 60.2 Å². The number of nitrogens with zero attached hydrogens (tertiary/aromatic N) is 4. The molecular formula is C21H22N4. The van der Waals surface area contributed by atoms with Gasteiger partial charge in [-0.3, -0.25) is 5.01 Å². The zero-order valence-corrected chi connectivity index (χ0v) is 15.1. The summed E-state index contributed by atoms with van der Waals surface area (Å²) in [6.45, 7) is 5.99. The molecule has 0 radical (unpaired) electrons. The van der Waals surface area contributed by atoms with Crippen molar-refractivity contribution in [3.05, 3.63) is 77.6 Å². The number of benzene rings is 2. The molecule has 0 saturated heterocycles. The van der Waals surface area contributed by atoms with Gasteiger partial charge in [0, 0.05) is 18.7 Å². The van der Waals surface area contributed by atoms with E-state index in [4.69, 9.17) is 0 Å². The van der Waals surface area contributed by atoms with E-state index in [9.17, 15) is 0 Å². The molecule has 3 rings (SSSR count). The lowest BCUT2D eigenvalue weighted by Crippen LogP contribution is -2.15. The highest BCUT2D eigenvalue weighted by Gasteiger charge is 2.08. The van der Waals surface area contributed by atoms with Crippen LogP contribution in [0.25, 0.3) is 11.3 Å². The predicted octanol–water partition coefficient (Wildman–Crippen LogP) is 4.62. The smallest absolute Gasteiger partial charge is 0.152 e. The quantitative estimate of drug-likeness (QED) is 0.518. The molecule has 126 valence electrons. The molecule has 4 nitrogen and oxygen atoms in total. The first-order chi connectivity index (χ1) is 12.0. The van der Waals surface area contributed by atoms with Crippen LogP contribution in [0.5, 0.6) is 0 Å². The van der Waals surface area contributed by atoms with Gasteiger partial charge < -0.3 is 0 Å². The van der Waals surface area contributed by atoms with Crippen molar-refractivity contribution in [1.82, 2.24) is 9.97 Å². The number of hydrogen-bond donors (Lipinski definition) is 0. The monoisotopic (exact) mass is 330 g/mol. The Kier molecular flexibility index (Phi) is 4.89. The predicted molar refractivity (Wildman–Crippen MR) is 104 cm³/mol. The summed E-state index contributed by atoms with van der Waals surface area (Å²) in [6.07, 6.45) is 0. The lowest BCUT2D eigenvalue weighted by atomic mass is 10.1. The molecule has 2 aromatic carbocycles. The van der Waals surface area contributed by atoms with E-state index < -0.39 is 0 Å². The number of aromatic nitrogens is 2. The Morgan fingerprint density at radius 1 is 0.920 bits per heavy atom. The highest BCUT2D eigenvalue weighted by Crippen LogP contribution is 2.21. The molecule has 0 aliphatic carbocycles. The summed E-state index contributed by atoms with van der Waals surface area (Å²) in [4.78, 5) is 9.08. The van der Waals surface area contributed by atoms with Gasteiger partial charge in [0.25, 0.3) is 0 Å². The molecule has 1 heterocycles. The number of aryl methyl sites for hydroxylation is 2. The third kappa shape index (κ3) is 4.10. The highest BCUT2D eigenvalue weighted by molar-refractivity contribution is 5.99. The van der Waals surface area contributed by atoms with Crippen molar-refractivity contribution in [3.8, 4) is 11.3 Å². The van der Waals surface area contributed by atoms with Crippen LogP contribution >= 0.6 is 0 Å². The number of hydrogen-bond acceptors (Lipinski definition) is 4. The van der Waals surface area contributed by atoms with Crippen LogP contribution in [-0.4, -0.2) is 22.7 Å². The second kappa shape index (κ2) is 7.26. The molecule has 0 bridgehead atoms. The summed E-state index contributed by atoms with van der Waals surface area (Å²) < 4.78 is 0. The maximum atomic E-state index is 4.68. The molecule has 0 spiro atoms. The molecule has 25 heavy (non-hydrogen) atoms. The maximum absolute atomic E-state index is 4.68. The van der Waals surface area contributed by atoms with Gasteiger partial charge in [0.15, 0.2) is 5.82 Å². The Morgan fingerprint density at radius 2 is 1.60 bits per heavy atom. The summed E-state index contributed by atoms with van der Waals surface area (Å²) in [5.41, 5.74) is 5.26.